The molecule has 0 bridgehead atoms. The highest BCUT2D eigenvalue weighted by molar-refractivity contribution is 5.85. The fourth-order valence-electron chi connectivity index (χ4n) is 3.90. The number of ether oxygens (including phenoxy) is 2. The summed E-state index contributed by atoms with van der Waals surface area (Å²) in [4.78, 5) is 13.7. The number of alkyl halides is 3. The molecule has 38 heavy (non-hydrogen) atoms. The van der Waals surface area contributed by atoms with Crippen molar-refractivity contribution in [2.45, 2.75) is 31.1 Å². The lowest BCUT2D eigenvalue weighted by molar-refractivity contribution is -0.192. The summed E-state index contributed by atoms with van der Waals surface area (Å²) in [6.07, 6.45) is -3.69. The monoisotopic (exact) mass is 536 g/mol. The third-order valence-corrected chi connectivity index (χ3v) is 5.67. The molecular formula is C27H25F5N2O4. The summed E-state index contributed by atoms with van der Waals surface area (Å²) in [7, 11) is 3.21. The van der Waals surface area contributed by atoms with E-state index in [-0.39, 0.29) is 23.7 Å². The molecule has 2 atom stereocenters. The second-order valence-electron chi connectivity index (χ2n) is 8.24. The van der Waals surface area contributed by atoms with Crippen LogP contribution in [0.5, 0.6) is 11.5 Å². The molecule has 0 aliphatic carbocycles. The highest BCUT2D eigenvalue weighted by Crippen LogP contribution is 2.37. The van der Waals surface area contributed by atoms with E-state index in [1.807, 2.05) is 30.3 Å². The van der Waals surface area contributed by atoms with Crippen molar-refractivity contribution >= 4 is 11.8 Å². The average Bonchev–Trinajstić information content (AvgIpc) is 3.31. The zero-order chi connectivity index (χ0) is 27.9. The van der Waals surface area contributed by atoms with Gasteiger partial charge in [-0.1, -0.05) is 30.3 Å². The molecule has 202 valence electrons. The van der Waals surface area contributed by atoms with Crippen molar-refractivity contribution in [3.63, 3.8) is 0 Å². The molecule has 0 saturated carbocycles. The molecular weight excluding hydrogens is 511 g/mol. The van der Waals surface area contributed by atoms with E-state index in [1.165, 1.54) is 24.3 Å². The van der Waals surface area contributed by atoms with Gasteiger partial charge in [0.1, 0.15) is 17.7 Å². The summed E-state index contributed by atoms with van der Waals surface area (Å²) in [5.41, 5.74) is 2.61. The zero-order valence-corrected chi connectivity index (χ0v) is 20.4. The summed E-state index contributed by atoms with van der Waals surface area (Å²) < 4.78 is 70.1. The number of aliphatic imine (C=N–C) groups is 1. The largest absolute Gasteiger partial charge is 0.493 e. The number of rotatable bonds is 7. The molecule has 2 N–H and O–H groups in total. The maximum absolute atomic E-state index is 13.9. The van der Waals surface area contributed by atoms with Crippen LogP contribution in [0.25, 0.3) is 0 Å². The molecule has 1 aliphatic rings. The van der Waals surface area contributed by atoms with Crippen LogP contribution in [0.1, 0.15) is 35.2 Å². The topological polar surface area (TPSA) is 80.1 Å². The molecule has 3 aromatic rings. The minimum Gasteiger partial charge on any atom is -0.493 e. The number of amidine groups is 1. The van der Waals surface area contributed by atoms with Gasteiger partial charge in [-0.05, 0) is 59.5 Å². The van der Waals surface area contributed by atoms with Gasteiger partial charge in [0.05, 0.1) is 26.1 Å². The van der Waals surface area contributed by atoms with E-state index < -0.39 is 12.1 Å². The fraction of sp³-hybridized carbons (Fsp3) is 0.259. The van der Waals surface area contributed by atoms with Gasteiger partial charge in [0.25, 0.3) is 0 Å². The summed E-state index contributed by atoms with van der Waals surface area (Å²) >= 11 is 0. The number of methoxy groups -OCH3 is 2. The standard InChI is InChI=1S/C25H24F2N2O2.C2HF3O2/c1-30-21-11-9-16(13-22(21)31-2)10-12-23-28-24(17-5-3-7-19(26)14-17)25(29-23)18-6-4-8-20(27)15-18;3-2(4,5)1(6)7/h3-9,11,13-15,24-25H,10,12H2,1-2H3,(H,28,29);(H,6,7)/t24-,25+;. The molecule has 0 radical (unpaired) electrons. The number of carboxylic acids is 1. The number of carboxylic acid groups (broad SMARTS) is 1. The zero-order valence-electron chi connectivity index (χ0n) is 20.4. The molecule has 1 aliphatic heterocycles. The van der Waals surface area contributed by atoms with Gasteiger partial charge in [0.15, 0.2) is 11.5 Å². The second-order valence-corrected chi connectivity index (χ2v) is 8.24. The Labute approximate surface area is 215 Å². The van der Waals surface area contributed by atoms with E-state index in [1.54, 1.807) is 26.4 Å². The lowest BCUT2D eigenvalue weighted by Gasteiger charge is -2.20. The lowest BCUT2D eigenvalue weighted by Crippen LogP contribution is -2.24. The minimum atomic E-state index is -5.08. The molecule has 0 saturated heterocycles. The van der Waals surface area contributed by atoms with Crippen LogP contribution in [0.15, 0.2) is 71.7 Å². The number of nitrogens with one attached hydrogen (secondary N) is 1. The maximum Gasteiger partial charge on any atom is 0.490 e. The van der Waals surface area contributed by atoms with Crippen molar-refractivity contribution in [1.82, 2.24) is 5.32 Å². The van der Waals surface area contributed by atoms with Gasteiger partial charge in [-0.2, -0.15) is 13.2 Å². The number of halogens is 5. The Hall–Kier alpha value is -4.15. The number of hydrogen-bond acceptors (Lipinski definition) is 5. The van der Waals surface area contributed by atoms with Crippen molar-refractivity contribution in [3.05, 3.63) is 95.1 Å². The smallest absolute Gasteiger partial charge is 0.490 e. The van der Waals surface area contributed by atoms with Crippen LogP contribution >= 0.6 is 0 Å². The minimum absolute atomic E-state index is 0.266. The van der Waals surface area contributed by atoms with E-state index in [0.29, 0.717) is 17.9 Å². The molecule has 0 fully saturated rings. The van der Waals surface area contributed by atoms with E-state index >= 15 is 0 Å². The van der Waals surface area contributed by atoms with Gasteiger partial charge in [0.2, 0.25) is 0 Å². The Balaban J connectivity index is 0.000000505. The predicted molar refractivity (Wildman–Crippen MR) is 130 cm³/mol. The Morgan fingerprint density at radius 3 is 2.03 bits per heavy atom. The van der Waals surface area contributed by atoms with Gasteiger partial charge in [0, 0.05) is 6.42 Å². The third kappa shape index (κ3) is 7.44. The maximum atomic E-state index is 13.9. The number of benzene rings is 3. The molecule has 0 amide bonds. The number of nitrogens with zero attached hydrogens (tertiary/aromatic N) is 1. The highest BCUT2D eigenvalue weighted by atomic mass is 19.4. The van der Waals surface area contributed by atoms with Crippen molar-refractivity contribution in [3.8, 4) is 11.5 Å². The van der Waals surface area contributed by atoms with Crippen LogP contribution in [-0.2, 0) is 11.2 Å². The van der Waals surface area contributed by atoms with Crippen LogP contribution < -0.4 is 14.8 Å². The fourth-order valence-corrected chi connectivity index (χ4v) is 3.90. The SMILES string of the molecule is COc1ccc(CCC2=N[C@H](c3cccc(F)c3)[C@H](c3cccc(F)c3)N2)cc1OC.O=C(O)C(F)(F)F. The highest BCUT2D eigenvalue weighted by Gasteiger charge is 2.38. The van der Waals surface area contributed by atoms with E-state index in [0.717, 1.165) is 28.9 Å². The van der Waals surface area contributed by atoms with Crippen LogP contribution in [0.2, 0.25) is 0 Å². The Morgan fingerprint density at radius 2 is 1.47 bits per heavy atom. The molecule has 0 aromatic heterocycles. The first kappa shape index (κ1) is 28.4. The quantitative estimate of drug-likeness (QED) is 0.361. The number of aliphatic carboxylic acids is 1. The summed E-state index contributed by atoms with van der Waals surface area (Å²) in [5.74, 6) is -1.22. The van der Waals surface area contributed by atoms with Crippen molar-refractivity contribution < 1.29 is 41.3 Å². The Bertz CT molecular complexity index is 1300. The van der Waals surface area contributed by atoms with E-state index in [9.17, 15) is 22.0 Å². The van der Waals surface area contributed by atoms with Crippen LogP contribution in [0.4, 0.5) is 22.0 Å². The summed E-state index contributed by atoms with van der Waals surface area (Å²) in [6, 6.07) is 18.1. The number of aryl methyl sites for hydroxylation is 1. The van der Waals surface area contributed by atoms with Gasteiger partial charge < -0.3 is 19.9 Å². The molecule has 3 aromatic carbocycles. The molecule has 4 rings (SSSR count). The van der Waals surface area contributed by atoms with Gasteiger partial charge in [-0.25, -0.2) is 13.6 Å². The Kier molecular flexibility index (Phi) is 9.27. The molecule has 1 heterocycles. The summed E-state index contributed by atoms with van der Waals surface area (Å²) in [6.45, 7) is 0. The summed E-state index contributed by atoms with van der Waals surface area (Å²) in [5, 5.41) is 10.6. The average molecular weight is 536 g/mol. The van der Waals surface area contributed by atoms with Gasteiger partial charge in [-0.15, -0.1) is 0 Å². The van der Waals surface area contributed by atoms with Crippen LogP contribution in [-0.4, -0.2) is 37.3 Å². The van der Waals surface area contributed by atoms with Crippen molar-refractivity contribution in [2.24, 2.45) is 4.99 Å². The van der Waals surface area contributed by atoms with Crippen LogP contribution in [0, 0.1) is 11.6 Å². The number of hydrogen-bond donors (Lipinski definition) is 2. The van der Waals surface area contributed by atoms with Gasteiger partial charge >= 0.3 is 12.1 Å². The number of carbonyl (C=O) groups is 1. The van der Waals surface area contributed by atoms with E-state index in [4.69, 9.17) is 24.4 Å². The Morgan fingerprint density at radius 1 is 0.895 bits per heavy atom. The first-order chi connectivity index (χ1) is 18.0. The van der Waals surface area contributed by atoms with Crippen molar-refractivity contribution in [1.29, 1.82) is 0 Å². The molecule has 11 heteroatoms. The van der Waals surface area contributed by atoms with Crippen LogP contribution in [0.3, 0.4) is 0 Å². The second kappa shape index (κ2) is 12.4. The first-order valence-electron chi connectivity index (χ1n) is 11.4. The molecule has 0 spiro atoms. The van der Waals surface area contributed by atoms with Crippen molar-refractivity contribution in [2.75, 3.05) is 14.2 Å². The normalized spacial score (nSPS) is 16.6. The van der Waals surface area contributed by atoms with Gasteiger partial charge in [-0.3, -0.25) is 4.99 Å². The van der Waals surface area contributed by atoms with E-state index in [2.05, 4.69) is 5.32 Å². The predicted octanol–water partition coefficient (Wildman–Crippen LogP) is 6.03. The first-order valence-corrected chi connectivity index (χ1v) is 11.4. The molecule has 6 nitrogen and oxygen atoms in total. The third-order valence-electron chi connectivity index (χ3n) is 5.67. The molecule has 0 unspecified atom stereocenters. The lowest BCUT2D eigenvalue weighted by atomic mass is 9.95.